The number of rotatable bonds is 6. The number of H-pyrrole nitrogens is 1. The van der Waals surface area contributed by atoms with Gasteiger partial charge in [-0.15, -0.1) is 0 Å². The SMILES string of the molecule is O=C(Nc1ccc2[nH]ncc2c1)c1cccc(O[C@H]2CCN(Cc3ccccc3)C2)n1. The van der Waals surface area contributed by atoms with E-state index in [-0.39, 0.29) is 12.0 Å². The molecule has 1 aliphatic heterocycles. The molecule has 156 valence electrons. The van der Waals surface area contributed by atoms with Crippen LogP contribution < -0.4 is 10.1 Å². The summed E-state index contributed by atoms with van der Waals surface area (Å²) in [6.45, 7) is 2.74. The number of carbonyl (C=O) groups is 1. The van der Waals surface area contributed by atoms with Crippen molar-refractivity contribution in [2.75, 3.05) is 18.4 Å². The highest BCUT2D eigenvalue weighted by atomic mass is 16.5. The lowest BCUT2D eigenvalue weighted by Gasteiger charge is -2.17. The van der Waals surface area contributed by atoms with Crippen LogP contribution in [-0.2, 0) is 6.54 Å². The number of hydrogen-bond donors (Lipinski definition) is 2. The van der Waals surface area contributed by atoms with Crippen LogP contribution in [0.1, 0.15) is 22.5 Å². The van der Waals surface area contributed by atoms with Crippen LogP contribution in [0.15, 0.2) is 72.9 Å². The van der Waals surface area contributed by atoms with Gasteiger partial charge in [-0.1, -0.05) is 36.4 Å². The van der Waals surface area contributed by atoms with E-state index in [0.29, 0.717) is 17.3 Å². The summed E-state index contributed by atoms with van der Waals surface area (Å²) < 4.78 is 6.09. The number of carbonyl (C=O) groups excluding carboxylic acids is 1. The molecular weight excluding hydrogens is 390 g/mol. The number of pyridine rings is 1. The van der Waals surface area contributed by atoms with E-state index in [2.05, 4.69) is 49.7 Å². The summed E-state index contributed by atoms with van der Waals surface area (Å²) in [7, 11) is 0. The van der Waals surface area contributed by atoms with Crippen molar-refractivity contribution in [1.82, 2.24) is 20.1 Å². The van der Waals surface area contributed by atoms with Crippen molar-refractivity contribution in [2.24, 2.45) is 0 Å². The number of amides is 1. The van der Waals surface area contributed by atoms with Crippen LogP contribution in [0.2, 0.25) is 0 Å². The van der Waals surface area contributed by atoms with Crippen LogP contribution >= 0.6 is 0 Å². The van der Waals surface area contributed by atoms with Gasteiger partial charge in [0.15, 0.2) is 0 Å². The molecule has 3 heterocycles. The first-order valence-electron chi connectivity index (χ1n) is 10.4. The number of aromatic nitrogens is 3. The standard InChI is InChI=1S/C24H23N5O2/c30-24(26-19-9-10-21-18(13-19)14-25-28-21)22-7-4-8-23(27-22)31-20-11-12-29(16-20)15-17-5-2-1-3-6-17/h1-10,13-14,20H,11-12,15-16H2,(H,25,28)(H,26,30)/t20-/m0/s1. The van der Waals surface area contributed by atoms with Gasteiger partial charge in [-0.25, -0.2) is 4.98 Å². The van der Waals surface area contributed by atoms with E-state index in [1.807, 2.05) is 24.3 Å². The van der Waals surface area contributed by atoms with E-state index < -0.39 is 0 Å². The van der Waals surface area contributed by atoms with Crippen molar-refractivity contribution in [1.29, 1.82) is 0 Å². The van der Waals surface area contributed by atoms with Gasteiger partial charge < -0.3 is 10.1 Å². The Hall–Kier alpha value is -3.71. The average Bonchev–Trinajstić information content (AvgIpc) is 3.43. The van der Waals surface area contributed by atoms with E-state index in [1.165, 1.54) is 5.56 Å². The van der Waals surface area contributed by atoms with Crippen LogP contribution in [0.5, 0.6) is 5.88 Å². The van der Waals surface area contributed by atoms with E-state index in [9.17, 15) is 4.79 Å². The van der Waals surface area contributed by atoms with Gasteiger partial charge in [0, 0.05) is 36.8 Å². The largest absolute Gasteiger partial charge is 0.473 e. The molecule has 2 N–H and O–H groups in total. The molecule has 4 aromatic rings. The first-order valence-corrected chi connectivity index (χ1v) is 10.4. The third kappa shape index (κ3) is 4.57. The Labute approximate surface area is 180 Å². The fraction of sp³-hybridized carbons (Fsp3) is 0.208. The highest BCUT2D eigenvalue weighted by molar-refractivity contribution is 6.03. The van der Waals surface area contributed by atoms with E-state index in [1.54, 1.807) is 24.4 Å². The number of likely N-dealkylation sites (tertiary alicyclic amines) is 1. The number of anilines is 1. The number of hydrogen-bond acceptors (Lipinski definition) is 5. The molecule has 2 aromatic carbocycles. The summed E-state index contributed by atoms with van der Waals surface area (Å²) in [5.41, 5.74) is 3.24. The highest BCUT2D eigenvalue weighted by Gasteiger charge is 2.24. The second-order valence-corrected chi connectivity index (χ2v) is 7.74. The fourth-order valence-electron chi connectivity index (χ4n) is 3.87. The maximum Gasteiger partial charge on any atom is 0.274 e. The first kappa shape index (κ1) is 19.3. The van der Waals surface area contributed by atoms with Gasteiger partial charge >= 0.3 is 0 Å². The number of fused-ring (bicyclic) bond motifs is 1. The maximum atomic E-state index is 12.7. The molecule has 1 fully saturated rings. The summed E-state index contributed by atoms with van der Waals surface area (Å²) in [6, 6.07) is 21.3. The Bertz CT molecular complexity index is 1190. The lowest BCUT2D eigenvalue weighted by Crippen LogP contribution is -2.25. The van der Waals surface area contributed by atoms with Gasteiger partial charge in [0.2, 0.25) is 5.88 Å². The summed E-state index contributed by atoms with van der Waals surface area (Å²) in [5.74, 6) is 0.204. The van der Waals surface area contributed by atoms with Gasteiger partial charge in [0.25, 0.3) is 5.91 Å². The van der Waals surface area contributed by atoms with Crippen molar-refractivity contribution in [3.63, 3.8) is 0 Å². The number of nitrogens with one attached hydrogen (secondary N) is 2. The summed E-state index contributed by atoms with van der Waals surface area (Å²) in [5, 5.41) is 10.7. The van der Waals surface area contributed by atoms with Gasteiger partial charge in [0.05, 0.1) is 11.7 Å². The van der Waals surface area contributed by atoms with Crippen LogP contribution in [-0.4, -0.2) is 45.2 Å². The zero-order chi connectivity index (χ0) is 21.0. The Morgan fingerprint density at radius 2 is 2.03 bits per heavy atom. The molecule has 0 aliphatic carbocycles. The van der Waals surface area contributed by atoms with Gasteiger partial charge in [-0.3, -0.25) is 14.8 Å². The van der Waals surface area contributed by atoms with Crippen molar-refractivity contribution < 1.29 is 9.53 Å². The molecular formula is C24H23N5O2. The normalized spacial score (nSPS) is 16.5. The monoisotopic (exact) mass is 413 g/mol. The fourth-order valence-corrected chi connectivity index (χ4v) is 3.87. The molecule has 31 heavy (non-hydrogen) atoms. The lowest BCUT2D eigenvalue weighted by atomic mass is 10.2. The smallest absolute Gasteiger partial charge is 0.274 e. The molecule has 1 aliphatic rings. The van der Waals surface area contributed by atoms with Crippen molar-refractivity contribution >= 4 is 22.5 Å². The Balaban J connectivity index is 1.20. The van der Waals surface area contributed by atoms with Crippen LogP contribution in [0.3, 0.4) is 0 Å². The van der Waals surface area contributed by atoms with Gasteiger partial charge in [-0.05, 0) is 36.2 Å². The third-order valence-corrected chi connectivity index (χ3v) is 5.42. The van der Waals surface area contributed by atoms with E-state index >= 15 is 0 Å². The quantitative estimate of drug-likeness (QED) is 0.502. The Morgan fingerprint density at radius 3 is 2.94 bits per heavy atom. The summed E-state index contributed by atoms with van der Waals surface area (Å²) in [4.78, 5) is 19.5. The minimum atomic E-state index is -0.273. The molecule has 1 atom stereocenters. The van der Waals surface area contributed by atoms with Crippen molar-refractivity contribution in [3.8, 4) is 5.88 Å². The Kier molecular flexibility index (Phi) is 5.33. The number of aromatic amines is 1. The molecule has 0 radical (unpaired) electrons. The van der Waals surface area contributed by atoms with Crippen molar-refractivity contribution in [3.05, 3.63) is 84.2 Å². The number of benzene rings is 2. The highest BCUT2D eigenvalue weighted by Crippen LogP contribution is 2.20. The van der Waals surface area contributed by atoms with Crippen LogP contribution in [0, 0.1) is 0 Å². The number of nitrogens with zero attached hydrogens (tertiary/aromatic N) is 3. The molecule has 1 saturated heterocycles. The molecule has 0 bridgehead atoms. The summed E-state index contributed by atoms with van der Waals surface area (Å²) >= 11 is 0. The molecule has 0 unspecified atom stereocenters. The molecule has 0 saturated carbocycles. The second kappa shape index (κ2) is 8.57. The predicted molar refractivity (Wildman–Crippen MR) is 119 cm³/mol. The molecule has 1 amide bonds. The molecule has 2 aromatic heterocycles. The Morgan fingerprint density at radius 1 is 1.13 bits per heavy atom. The number of ether oxygens (including phenoxy) is 1. The molecule has 5 rings (SSSR count). The molecule has 7 heteroatoms. The minimum Gasteiger partial charge on any atom is -0.473 e. The predicted octanol–water partition coefficient (Wildman–Crippen LogP) is 3.86. The zero-order valence-corrected chi connectivity index (χ0v) is 17.0. The third-order valence-electron chi connectivity index (χ3n) is 5.42. The summed E-state index contributed by atoms with van der Waals surface area (Å²) in [6.07, 6.45) is 2.73. The lowest BCUT2D eigenvalue weighted by molar-refractivity contribution is 0.102. The second-order valence-electron chi connectivity index (χ2n) is 7.74. The van der Waals surface area contributed by atoms with Gasteiger partial charge in [0.1, 0.15) is 11.8 Å². The van der Waals surface area contributed by atoms with E-state index in [4.69, 9.17) is 4.74 Å². The van der Waals surface area contributed by atoms with Crippen LogP contribution in [0.4, 0.5) is 5.69 Å². The molecule has 7 nitrogen and oxygen atoms in total. The molecule has 0 spiro atoms. The van der Waals surface area contributed by atoms with E-state index in [0.717, 1.165) is 37.0 Å². The first-order chi connectivity index (χ1) is 15.2. The maximum absolute atomic E-state index is 12.7. The zero-order valence-electron chi connectivity index (χ0n) is 17.0. The minimum absolute atomic E-state index is 0.0676. The average molecular weight is 413 g/mol. The topological polar surface area (TPSA) is 83.1 Å². The van der Waals surface area contributed by atoms with Gasteiger partial charge in [-0.2, -0.15) is 5.10 Å². The van der Waals surface area contributed by atoms with Crippen LogP contribution in [0.25, 0.3) is 10.9 Å². The van der Waals surface area contributed by atoms with Crippen molar-refractivity contribution in [2.45, 2.75) is 19.1 Å².